The standard InChI is InChI=1S/C14H24N2O4S/c1-8(2)11-14(18)16(10-5-6-21(19,20)7-10)12(9(3)4)13(17)15-11/h8-12H,5-7H2,1-4H3,(H,15,17). The highest BCUT2D eigenvalue weighted by atomic mass is 32.2. The van der Waals surface area contributed by atoms with Crippen molar-refractivity contribution in [2.45, 2.75) is 52.2 Å². The second-order valence-electron chi connectivity index (χ2n) is 6.72. The van der Waals surface area contributed by atoms with Gasteiger partial charge in [0.05, 0.1) is 11.5 Å². The molecule has 0 aromatic heterocycles. The fourth-order valence-electron chi connectivity index (χ4n) is 3.20. The Morgan fingerprint density at radius 3 is 2.19 bits per heavy atom. The number of amides is 2. The van der Waals surface area contributed by atoms with E-state index in [1.165, 1.54) is 0 Å². The van der Waals surface area contributed by atoms with E-state index in [1.807, 2.05) is 27.7 Å². The minimum absolute atomic E-state index is 0.0185. The minimum Gasteiger partial charge on any atom is -0.342 e. The normalized spacial score (nSPS) is 32.9. The summed E-state index contributed by atoms with van der Waals surface area (Å²) in [6.45, 7) is 7.51. The van der Waals surface area contributed by atoms with E-state index in [2.05, 4.69) is 5.32 Å². The van der Waals surface area contributed by atoms with Crippen LogP contribution in [-0.4, -0.2) is 54.8 Å². The Bertz CT molecular complexity index is 541. The molecule has 21 heavy (non-hydrogen) atoms. The number of piperazine rings is 1. The first kappa shape index (κ1) is 16.3. The average Bonchev–Trinajstić information content (AvgIpc) is 2.70. The second-order valence-corrected chi connectivity index (χ2v) is 8.95. The van der Waals surface area contributed by atoms with Crippen LogP contribution in [0.4, 0.5) is 0 Å². The second kappa shape index (κ2) is 5.59. The lowest BCUT2D eigenvalue weighted by molar-refractivity contribution is -0.154. The lowest BCUT2D eigenvalue weighted by Crippen LogP contribution is -2.68. The van der Waals surface area contributed by atoms with Crippen molar-refractivity contribution < 1.29 is 18.0 Å². The zero-order valence-electron chi connectivity index (χ0n) is 13.0. The van der Waals surface area contributed by atoms with Gasteiger partial charge in [-0.1, -0.05) is 27.7 Å². The van der Waals surface area contributed by atoms with Crippen molar-refractivity contribution in [3.05, 3.63) is 0 Å². The predicted molar refractivity (Wildman–Crippen MR) is 79.3 cm³/mol. The summed E-state index contributed by atoms with van der Waals surface area (Å²) in [6, 6.07) is -1.51. The molecule has 0 aromatic carbocycles. The molecule has 3 unspecified atom stereocenters. The number of hydrogen-bond acceptors (Lipinski definition) is 4. The lowest BCUT2D eigenvalue weighted by atomic mass is 9.91. The summed E-state index contributed by atoms with van der Waals surface area (Å²) in [4.78, 5) is 26.7. The molecule has 0 spiro atoms. The molecule has 0 bridgehead atoms. The molecule has 3 atom stereocenters. The third-order valence-corrected chi connectivity index (χ3v) is 6.04. The minimum atomic E-state index is -3.10. The van der Waals surface area contributed by atoms with Crippen molar-refractivity contribution in [3.63, 3.8) is 0 Å². The van der Waals surface area contributed by atoms with E-state index in [-0.39, 0.29) is 41.2 Å². The first-order valence-corrected chi connectivity index (χ1v) is 9.29. The van der Waals surface area contributed by atoms with Gasteiger partial charge in [0, 0.05) is 6.04 Å². The van der Waals surface area contributed by atoms with Crippen molar-refractivity contribution in [2.75, 3.05) is 11.5 Å². The summed E-state index contributed by atoms with van der Waals surface area (Å²) in [5, 5.41) is 2.79. The first-order valence-electron chi connectivity index (χ1n) is 7.47. The Kier molecular flexibility index (Phi) is 4.33. The molecule has 1 N–H and O–H groups in total. The van der Waals surface area contributed by atoms with Crippen molar-refractivity contribution >= 4 is 21.7 Å². The zero-order valence-corrected chi connectivity index (χ0v) is 13.8. The van der Waals surface area contributed by atoms with Crippen LogP contribution in [0.5, 0.6) is 0 Å². The van der Waals surface area contributed by atoms with Gasteiger partial charge in [-0.25, -0.2) is 8.42 Å². The van der Waals surface area contributed by atoms with E-state index in [1.54, 1.807) is 4.90 Å². The van der Waals surface area contributed by atoms with Gasteiger partial charge >= 0.3 is 0 Å². The molecule has 0 radical (unpaired) electrons. The molecule has 0 aliphatic carbocycles. The van der Waals surface area contributed by atoms with Gasteiger partial charge in [-0.05, 0) is 18.3 Å². The third-order valence-electron chi connectivity index (χ3n) is 4.29. The predicted octanol–water partition coefficient (Wildman–Crippen LogP) is 0.181. The van der Waals surface area contributed by atoms with Crippen LogP contribution >= 0.6 is 0 Å². The van der Waals surface area contributed by atoms with Crippen molar-refractivity contribution in [2.24, 2.45) is 11.8 Å². The SMILES string of the molecule is CC(C)C1NC(=O)C(C(C)C)N(C2CCS(=O)(=O)C2)C1=O. The van der Waals surface area contributed by atoms with Crippen LogP contribution in [0.15, 0.2) is 0 Å². The van der Waals surface area contributed by atoms with E-state index < -0.39 is 21.9 Å². The van der Waals surface area contributed by atoms with Crippen molar-refractivity contribution in [1.29, 1.82) is 0 Å². The molecule has 2 rings (SSSR count). The number of carbonyl (C=O) groups is 2. The number of sulfone groups is 1. The van der Waals surface area contributed by atoms with Gasteiger partial charge in [-0.2, -0.15) is 0 Å². The maximum Gasteiger partial charge on any atom is 0.246 e. The molecule has 6 nitrogen and oxygen atoms in total. The molecule has 2 aliphatic heterocycles. The van der Waals surface area contributed by atoms with Gasteiger partial charge in [-0.15, -0.1) is 0 Å². The van der Waals surface area contributed by atoms with Gasteiger partial charge in [0.15, 0.2) is 9.84 Å². The van der Waals surface area contributed by atoms with E-state index in [4.69, 9.17) is 0 Å². The smallest absolute Gasteiger partial charge is 0.246 e. The maximum absolute atomic E-state index is 12.7. The Morgan fingerprint density at radius 1 is 1.14 bits per heavy atom. The maximum atomic E-state index is 12.7. The summed E-state index contributed by atoms with van der Waals surface area (Å²) in [5.41, 5.74) is 0. The highest BCUT2D eigenvalue weighted by Gasteiger charge is 2.48. The highest BCUT2D eigenvalue weighted by Crippen LogP contribution is 2.28. The molecule has 2 fully saturated rings. The van der Waals surface area contributed by atoms with Crippen LogP contribution < -0.4 is 5.32 Å². The molecule has 0 saturated carbocycles. The van der Waals surface area contributed by atoms with E-state index in [0.717, 1.165) is 0 Å². The zero-order chi connectivity index (χ0) is 15.9. The van der Waals surface area contributed by atoms with E-state index in [0.29, 0.717) is 6.42 Å². The van der Waals surface area contributed by atoms with Gasteiger partial charge in [0.2, 0.25) is 11.8 Å². The monoisotopic (exact) mass is 316 g/mol. The van der Waals surface area contributed by atoms with Gasteiger partial charge in [-0.3, -0.25) is 9.59 Å². The third kappa shape index (κ3) is 3.07. The van der Waals surface area contributed by atoms with Crippen LogP contribution in [0.25, 0.3) is 0 Å². The summed E-state index contributed by atoms with van der Waals surface area (Å²) in [6.07, 6.45) is 0.426. The Labute approximate surface area is 126 Å². The molecule has 120 valence electrons. The Hall–Kier alpha value is -1.11. The Morgan fingerprint density at radius 2 is 1.76 bits per heavy atom. The summed E-state index contributed by atoms with van der Waals surface area (Å²) < 4.78 is 23.5. The van der Waals surface area contributed by atoms with Crippen LogP contribution in [0.2, 0.25) is 0 Å². The van der Waals surface area contributed by atoms with Crippen molar-refractivity contribution in [3.8, 4) is 0 Å². The fourth-order valence-corrected chi connectivity index (χ4v) is 4.91. The van der Waals surface area contributed by atoms with Gasteiger partial charge in [0.25, 0.3) is 0 Å². The van der Waals surface area contributed by atoms with Crippen LogP contribution in [0.1, 0.15) is 34.1 Å². The number of nitrogens with one attached hydrogen (secondary N) is 1. The molecular weight excluding hydrogens is 292 g/mol. The van der Waals surface area contributed by atoms with Crippen LogP contribution in [-0.2, 0) is 19.4 Å². The van der Waals surface area contributed by atoms with Crippen LogP contribution in [0, 0.1) is 11.8 Å². The Balaban J connectivity index is 2.35. The van der Waals surface area contributed by atoms with Crippen LogP contribution in [0.3, 0.4) is 0 Å². The van der Waals surface area contributed by atoms with Gasteiger partial charge < -0.3 is 10.2 Å². The molecule has 2 saturated heterocycles. The molecule has 2 heterocycles. The molecule has 0 aromatic rings. The van der Waals surface area contributed by atoms with Gasteiger partial charge in [0.1, 0.15) is 12.1 Å². The fraction of sp³-hybridized carbons (Fsp3) is 0.857. The average molecular weight is 316 g/mol. The van der Waals surface area contributed by atoms with E-state index in [9.17, 15) is 18.0 Å². The summed E-state index contributed by atoms with van der Waals surface area (Å²) in [7, 11) is -3.10. The first-order chi connectivity index (χ1) is 9.64. The summed E-state index contributed by atoms with van der Waals surface area (Å²) >= 11 is 0. The summed E-state index contributed by atoms with van der Waals surface area (Å²) in [5.74, 6) is -0.321. The largest absolute Gasteiger partial charge is 0.342 e. The molecule has 7 heteroatoms. The highest BCUT2D eigenvalue weighted by molar-refractivity contribution is 7.91. The molecule has 2 aliphatic rings. The molecule has 2 amide bonds. The quantitative estimate of drug-likeness (QED) is 0.805. The van der Waals surface area contributed by atoms with Crippen molar-refractivity contribution in [1.82, 2.24) is 10.2 Å². The molecular formula is C14H24N2O4S. The number of hydrogen-bond donors (Lipinski definition) is 1. The lowest BCUT2D eigenvalue weighted by Gasteiger charge is -2.44. The number of rotatable bonds is 3. The van der Waals surface area contributed by atoms with E-state index >= 15 is 0 Å². The number of nitrogens with zero attached hydrogens (tertiary/aromatic N) is 1. The number of carbonyl (C=O) groups excluding carboxylic acids is 2. The topological polar surface area (TPSA) is 83.6 Å².